The summed E-state index contributed by atoms with van der Waals surface area (Å²) in [6.07, 6.45) is 0.913. The van der Waals surface area contributed by atoms with Crippen LogP contribution in [0.25, 0.3) is 0 Å². The molecule has 30 heavy (non-hydrogen) atoms. The van der Waals surface area contributed by atoms with Crippen molar-refractivity contribution in [2.45, 2.75) is 12.7 Å². The van der Waals surface area contributed by atoms with Crippen molar-refractivity contribution in [2.75, 3.05) is 31.2 Å². The fourth-order valence-electron chi connectivity index (χ4n) is 4.02. The number of nitrogens with zero attached hydrogens (tertiary/aromatic N) is 5. The fraction of sp³-hybridized carbons (Fsp3) is 0.316. The molecule has 3 aliphatic heterocycles. The van der Waals surface area contributed by atoms with Crippen molar-refractivity contribution in [3.8, 4) is 0 Å². The Morgan fingerprint density at radius 1 is 1.30 bits per heavy atom. The van der Waals surface area contributed by atoms with Crippen molar-refractivity contribution in [2.24, 2.45) is 4.99 Å². The Labute approximate surface area is 170 Å². The molecule has 0 radical (unpaired) electrons. The Hall–Kier alpha value is -3.25. The Kier molecular flexibility index (Phi) is 4.51. The van der Waals surface area contributed by atoms with E-state index in [1.54, 1.807) is 11.1 Å². The molecule has 11 heteroatoms. The van der Waals surface area contributed by atoms with Crippen molar-refractivity contribution in [1.29, 1.82) is 0 Å². The summed E-state index contributed by atoms with van der Waals surface area (Å²) < 4.78 is 5.38. The van der Waals surface area contributed by atoms with Crippen molar-refractivity contribution in [1.82, 2.24) is 15.4 Å². The third-order valence-electron chi connectivity index (χ3n) is 5.47. The average Bonchev–Trinajstić information content (AvgIpc) is 3.04. The number of rotatable bonds is 4. The van der Waals surface area contributed by atoms with Gasteiger partial charge in [0.2, 0.25) is 5.78 Å². The van der Waals surface area contributed by atoms with E-state index < -0.39 is 16.9 Å². The van der Waals surface area contributed by atoms with E-state index in [9.17, 15) is 20.1 Å². The summed E-state index contributed by atoms with van der Waals surface area (Å²) in [5.74, 6) is -0.0500. The first-order valence-corrected chi connectivity index (χ1v) is 9.46. The van der Waals surface area contributed by atoms with Gasteiger partial charge in [-0.1, -0.05) is 0 Å². The van der Waals surface area contributed by atoms with E-state index in [-0.39, 0.29) is 17.1 Å². The molecular weight excluding hydrogens is 392 g/mol. The number of pyridine rings is 1. The Bertz CT molecular complexity index is 1080. The summed E-state index contributed by atoms with van der Waals surface area (Å²) in [6, 6.07) is 5.95. The highest BCUT2D eigenvalue weighted by Gasteiger charge is 2.43. The third-order valence-corrected chi connectivity index (χ3v) is 5.47. The number of nitro groups is 1. The highest BCUT2D eigenvalue weighted by atomic mass is 16.6. The maximum Gasteiger partial charge on any atom is 0.270 e. The minimum atomic E-state index is -0.795. The lowest BCUT2D eigenvalue weighted by Crippen LogP contribution is -2.43. The molecule has 0 spiro atoms. The molecule has 1 atom stereocenters. The Balaban J connectivity index is 1.53. The zero-order valence-electron chi connectivity index (χ0n) is 15.8. The number of nitrogens with one attached hydrogen (secondary N) is 1. The highest BCUT2D eigenvalue weighted by molar-refractivity contribution is 6.55. The minimum Gasteiger partial charge on any atom is -0.379 e. The van der Waals surface area contributed by atoms with Crippen LogP contribution in [0.4, 0.5) is 17.2 Å². The van der Waals surface area contributed by atoms with Crippen LogP contribution in [0.2, 0.25) is 0 Å². The number of ketones is 1. The lowest BCUT2D eigenvalue weighted by molar-refractivity contribution is -0.384. The normalized spacial score (nSPS) is 20.4. The number of hydrogen-bond donors (Lipinski definition) is 2. The zero-order chi connectivity index (χ0) is 20.8. The number of nitro benzene ring substituents is 1. The summed E-state index contributed by atoms with van der Waals surface area (Å²) in [5, 5.41) is 21.0. The predicted octanol–water partition coefficient (Wildman–Crippen LogP) is 1.55. The van der Waals surface area contributed by atoms with Gasteiger partial charge in [0, 0.05) is 43.5 Å². The standard InChI is InChI=1S/C19H18N6O5/c26-16-13-8-12(25(28)29)1-2-15(13)24-18(22-27)14-7-11(9-20-17(14)21-19(16)24)10-23-3-5-30-6-4-23/h1-2,7-9,18,22,27H,3-6,10H2. The first kappa shape index (κ1) is 18.8. The number of Topliss-reactive ketones (excluding diaryl/α,β-unsaturated/α-hetero) is 1. The maximum atomic E-state index is 12.9. The summed E-state index contributed by atoms with van der Waals surface area (Å²) >= 11 is 0. The molecule has 0 aliphatic carbocycles. The van der Waals surface area contributed by atoms with Crippen LogP contribution in [-0.2, 0) is 11.3 Å². The predicted molar refractivity (Wildman–Crippen MR) is 105 cm³/mol. The first-order chi connectivity index (χ1) is 14.6. The molecule has 1 unspecified atom stereocenters. The molecule has 11 nitrogen and oxygen atoms in total. The van der Waals surface area contributed by atoms with E-state index >= 15 is 0 Å². The van der Waals surface area contributed by atoms with Crippen LogP contribution in [0.5, 0.6) is 0 Å². The second-order valence-electron chi connectivity index (χ2n) is 7.27. The van der Waals surface area contributed by atoms with Crippen LogP contribution in [0.15, 0.2) is 35.5 Å². The summed E-state index contributed by atoms with van der Waals surface area (Å²) in [7, 11) is 0. The summed E-state index contributed by atoms with van der Waals surface area (Å²) in [6.45, 7) is 3.71. The Morgan fingerprint density at radius 3 is 2.83 bits per heavy atom. The van der Waals surface area contributed by atoms with Crippen LogP contribution in [0.3, 0.4) is 0 Å². The van der Waals surface area contributed by atoms with Gasteiger partial charge in [-0.2, -0.15) is 5.48 Å². The molecule has 0 bridgehead atoms. The SMILES string of the molecule is O=C1C2=Nc3ncc(CN4CCOCC4)cc3C(NO)N2c2ccc([N+](=O)[O-])cc21. The number of non-ortho nitro benzene ring substituents is 1. The molecule has 1 fully saturated rings. The van der Waals surface area contributed by atoms with Gasteiger partial charge >= 0.3 is 0 Å². The second kappa shape index (κ2) is 7.22. The summed E-state index contributed by atoms with van der Waals surface area (Å²) in [4.78, 5) is 36.0. The molecule has 1 aromatic heterocycles. The molecule has 2 N–H and O–H groups in total. The molecule has 154 valence electrons. The van der Waals surface area contributed by atoms with E-state index in [1.807, 2.05) is 6.07 Å². The zero-order valence-corrected chi connectivity index (χ0v) is 15.8. The number of fused-ring (bicyclic) bond motifs is 4. The van der Waals surface area contributed by atoms with Gasteiger partial charge in [-0.25, -0.2) is 9.98 Å². The molecule has 1 aromatic carbocycles. The number of benzene rings is 1. The molecule has 1 saturated heterocycles. The number of hydrogen-bond acceptors (Lipinski definition) is 10. The molecule has 0 amide bonds. The van der Waals surface area contributed by atoms with E-state index in [2.05, 4.69) is 20.4 Å². The van der Waals surface area contributed by atoms with Crippen molar-refractivity contribution in [3.05, 3.63) is 57.3 Å². The quantitative estimate of drug-likeness (QED) is 0.569. The van der Waals surface area contributed by atoms with Crippen LogP contribution < -0.4 is 10.4 Å². The number of amidine groups is 1. The van der Waals surface area contributed by atoms with Crippen LogP contribution in [0.1, 0.15) is 27.7 Å². The van der Waals surface area contributed by atoms with E-state index in [0.717, 1.165) is 18.7 Å². The van der Waals surface area contributed by atoms with Crippen LogP contribution in [-0.4, -0.2) is 57.9 Å². The number of carbonyl (C=O) groups excluding carboxylic acids is 1. The maximum absolute atomic E-state index is 12.9. The number of ether oxygens (including phenoxy) is 1. The van der Waals surface area contributed by atoms with E-state index in [0.29, 0.717) is 36.8 Å². The van der Waals surface area contributed by atoms with Gasteiger partial charge in [-0.15, -0.1) is 0 Å². The Morgan fingerprint density at radius 2 is 2.10 bits per heavy atom. The molecule has 5 rings (SSSR count). The number of hydroxylamine groups is 1. The van der Waals surface area contributed by atoms with Gasteiger partial charge in [0.05, 0.1) is 29.4 Å². The fourth-order valence-corrected chi connectivity index (χ4v) is 4.02. The molecular formula is C19H18N6O5. The number of aliphatic imine (C=N–C) groups is 1. The van der Waals surface area contributed by atoms with Gasteiger partial charge in [0.1, 0.15) is 6.17 Å². The van der Waals surface area contributed by atoms with Gasteiger partial charge in [0.15, 0.2) is 11.7 Å². The van der Waals surface area contributed by atoms with Gasteiger partial charge in [0.25, 0.3) is 5.69 Å². The highest BCUT2D eigenvalue weighted by Crippen LogP contribution is 2.42. The van der Waals surface area contributed by atoms with Crippen LogP contribution in [0, 0.1) is 10.1 Å². The third kappa shape index (κ3) is 2.95. The molecule has 4 heterocycles. The molecule has 0 saturated carbocycles. The van der Waals surface area contributed by atoms with Gasteiger partial charge < -0.3 is 9.94 Å². The number of anilines is 1. The molecule has 3 aliphatic rings. The lowest BCUT2D eigenvalue weighted by atomic mass is 10.1. The van der Waals surface area contributed by atoms with Crippen molar-refractivity contribution < 1.29 is 19.7 Å². The number of aromatic nitrogens is 1. The first-order valence-electron chi connectivity index (χ1n) is 9.46. The largest absolute Gasteiger partial charge is 0.379 e. The van der Waals surface area contributed by atoms with Gasteiger partial charge in [-0.3, -0.25) is 24.7 Å². The monoisotopic (exact) mass is 410 g/mol. The minimum absolute atomic E-state index is 0.0676. The average molecular weight is 410 g/mol. The number of morpholine rings is 1. The van der Waals surface area contributed by atoms with Crippen molar-refractivity contribution >= 4 is 28.8 Å². The topological polar surface area (TPSA) is 133 Å². The molecule has 2 aromatic rings. The lowest BCUT2D eigenvalue weighted by Gasteiger charge is -2.33. The smallest absolute Gasteiger partial charge is 0.270 e. The van der Waals surface area contributed by atoms with Crippen LogP contribution >= 0.6 is 0 Å². The second-order valence-corrected chi connectivity index (χ2v) is 7.27. The van der Waals surface area contributed by atoms with E-state index in [1.165, 1.54) is 18.2 Å². The van der Waals surface area contributed by atoms with Gasteiger partial charge in [-0.05, 0) is 17.7 Å². The van der Waals surface area contributed by atoms with Crippen molar-refractivity contribution in [3.63, 3.8) is 0 Å². The summed E-state index contributed by atoms with van der Waals surface area (Å²) in [5.41, 5.74) is 4.25. The van der Waals surface area contributed by atoms with E-state index in [4.69, 9.17) is 4.74 Å². The number of carbonyl (C=O) groups is 1.